The van der Waals surface area contributed by atoms with Gasteiger partial charge in [0.1, 0.15) is 5.75 Å². The smallest absolute Gasteiger partial charge is 0.119 e. The predicted octanol–water partition coefficient (Wildman–Crippen LogP) is 3.17. The molecule has 0 saturated carbocycles. The Labute approximate surface area is 78.3 Å². The Morgan fingerprint density at radius 2 is 1.83 bits per heavy atom. The summed E-state index contributed by atoms with van der Waals surface area (Å²) >= 11 is 5.98. The quantitative estimate of drug-likeness (QED) is 0.685. The van der Waals surface area contributed by atoms with Crippen molar-refractivity contribution in [2.75, 3.05) is 6.61 Å². The molecule has 1 rings (SSSR count). The number of ether oxygens (including phenoxy) is 1. The Bertz CT molecular complexity index is 258. The van der Waals surface area contributed by atoms with Crippen molar-refractivity contribution >= 4 is 11.6 Å². The zero-order chi connectivity index (χ0) is 9.14. The van der Waals surface area contributed by atoms with Gasteiger partial charge in [-0.15, -0.1) is 0 Å². The minimum Gasteiger partial charge on any atom is -0.494 e. The van der Waals surface area contributed by atoms with E-state index in [-0.39, 0.29) is 0 Å². The lowest BCUT2D eigenvalue weighted by molar-refractivity contribution is 0.360. The van der Waals surface area contributed by atoms with E-state index < -0.39 is 0 Å². The molecule has 0 heterocycles. The topological polar surface area (TPSA) is 9.23 Å². The molecule has 0 amide bonds. The number of hydrogen-bond acceptors (Lipinski definition) is 1. The van der Waals surface area contributed by atoms with Gasteiger partial charge < -0.3 is 4.74 Å². The summed E-state index contributed by atoms with van der Waals surface area (Å²) < 4.78 is 5.25. The molecule has 0 bridgehead atoms. The van der Waals surface area contributed by atoms with Crippen LogP contribution in [0.5, 0.6) is 5.75 Å². The van der Waals surface area contributed by atoms with Gasteiger partial charge in [-0.05, 0) is 44.0 Å². The fraction of sp³-hybridized carbons (Fsp3) is 0.300. The van der Waals surface area contributed by atoms with E-state index in [4.69, 9.17) is 16.3 Å². The SMILES string of the molecule is [CH2]COc1cc(C)c(Cl)c(C)c1. The number of aryl methyl sites for hydroxylation is 2. The van der Waals surface area contributed by atoms with E-state index in [0.717, 1.165) is 21.9 Å². The van der Waals surface area contributed by atoms with Gasteiger partial charge in [-0.1, -0.05) is 11.6 Å². The van der Waals surface area contributed by atoms with Gasteiger partial charge >= 0.3 is 0 Å². The molecule has 0 aromatic heterocycles. The molecule has 12 heavy (non-hydrogen) atoms. The first-order chi connectivity index (χ1) is 5.65. The van der Waals surface area contributed by atoms with Gasteiger partial charge in [-0.3, -0.25) is 0 Å². The van der Waals surface area contributed by atoms with Gasteiger partial charge in [-0.25, -0.2) is 0 Å². The molecule has 1 radical (unpaired) electrons. The summed E-state index contributed by atoms with van der Waals surface area (Å²) in [5.74, 6) is 0.837. The van der Waals surface area contributed by atoms with E-state index in [1.165, 1.54) is 0 Å². The van der Waals surface area contributed by atoms with E-state index in [0.29, 0.717) is 6.61 Å². The fourth-order valence-electron chi connectivity index (χ4n) is 1.11. The third kappa shape index (κ3) is 1.92. The Hall–Kier alpha value is -0.690. The molecule has 0 fully saturated rings. The van der Waals surface area contributed by atoms with Crippen molar-refractivity contribution in [3.63, 3.8) is 0 Å². The van der Waals surface area contributed by atoms with Crippen LogP contribution in [0.1, 0.15) is 11.1 Å². The molecule has 0 spiro atoms. The van der Waals surface area contributed by atoms with Crippen molar-refractivity contribution in [2.45, 2.75) is 13.8 Å². The summed E-state index contributed by atoms with van der Waals surface area (Å²) in [5.41, 5.74) is 2.08. The van der Waals surface area contributed by atoms with Crippen molar-refractivity contribution in [3.8, 4) is 5.75 Å². The third-order valence-electron chi connectivity index (χ3n) is 1.68. The van der Waals surface area contributed by atoms with Crippen LogP contribution in [0.4, 0.5) is 0 Å². The average Bonchev–Trinajstić information content (AvgIpc) is 2.01. The molecular weight excluding hydrogens is 172 g/mol. The molecule has 0 aliphatic carbocycles. The summed E-state index contributed by atoms with van der Waals surface area (Å²) in [6, 6.07) is 3.83. The van der Waals surface area contributed by atoms with Gasteiger partial charge in [0, 0.05) is 5.02 Å². The molecule has 1 nitrogen and oxygen atoms in total. The maximum absolute atomic E-state index is 5.98. The van der Waals surface area contributed by atoms with Gasteiger partial charge in [0.2, 0.25) is 0 Å². The average molecular weight is 184 g/mol. The normalized spacial score (nSPS) is 10.0. The van der Waals surface area contributed by atoms with Crippen LogP contribution in [0.25, 0.3) is 0 Å². The van der Waals surface area contributed by atoms with E-state index in [1.54, 1.807) is 0 Å². The monoisotopic (exact) mass is 183 g/mol. The second kappa shape index (κ2) is 3.81. The minimum absolute atomic E-state index is 0.445. The first-order valence-electron chi connectivity index (χ1n) is 3.84. The summed E-state index contributed by atoms with van der Waals surface area (Å²) in [5, 5.41) is 0.811. The highest BCUT2D eigenvalue weighted by Gasteiger charge is 2.02. The van der Waals surface area contributed by atoms with E-state index >= 15 is 0 Å². The van der Waals surface area contributed by atoms with Crippen LogP contribution in [-0.2, 0) is 0 Å². The van der Waals surface area contributed by atoms with Crippen LogP contribution in [-0.4, -0.2) is 6.61 Å². The Balaban J connectivity index is 3.04. The van der Waals surface area contributed by atoms with Crippen LogP contribution < -0.4 is 4.74 Å². The number of hydrogen-bond donors (Lipinski definition) is 0. The molecule has 65 valence electrons. The minimum atomic E-state index is 0.445. The molecule has 0 aliphatic heterocycles. The van der Waals surface area contributed by atoms with Crippen LogP contribution in [0, 0.1) is 20.8 Å². The van der Waals surface area contributed by atoms with E-state index in [2.05, 4.69) is 6.92 Å². The highest BCUT2D eigenvalue weighted by atomic mass is 35.5. The molecule has 0 unspecified atom stereocenters. The van der Waals surface area contributed by atoms with Gasteiger partial charge in [0.05, 0.1) is 6.61 Å². The molecule has 0 N–H and O–H groups in total. The number of rotatable bonds is 2. The molecule has 0 atom stereocenters. The summed E-state index contributed by atoms with van der Waals surface area (Å²) in [6.07, 6.45) is 0. The number of halogens is 1. The van der Waals surface area contributed by atoms with Gasteiger partial charge in [0.25, 0.3) is 0 Å². The van der Waals surface area contributed by atoms with Crippen molar-refractivity contribution in [1.29, 1.82) is 0 Å². The van der Waals surface area contributed by atoms with Gasteiger partial charge in [-0.2, -0.15) is 0 Å². The number of benzene rings is 1. The first-order valence-corrected chi connectivity index (χ1v) is 4.21. The standard InChI is InChI=1S/C10H12ClO/c1-4-12-9-5-7(2)10(11)8(3)6-9/h5-6H,1,4H2,2-3H3. The zero-order valence-electron chi connectivity index (χ0n) is 7.36. The molecule has 2 heteroatoms. The second-order valence-corrected chi connectivity index (χ2v) is 3.10. The van der Waals surface area contributed by atoms with Crippen LogP contribution in [0.3, 0.4) is 0 Å². The van der Waals surface area contributed by atoms with Crippen molar-refractivity contribution in [1.82, 2.24) is 0 Å². The van der Waals surface area contributed by atoms with Crippen LogP contribution >= 0.6 is 11.6 Å². The molecule has 1 aromatic rings. The lowest BCUT2D eigenvalue weighted by Gasteiger charge is -2.07. The van der Waals surface area contributed by atoms with Crippen LogP contribution in [0.2, 0.25) is 5.02 Å². The summed E-state index contributed by atoms with van der Waals surface area (Å²) in [7, 11) is 0. The highest BCUT2D eigenvalue weighted by molar-refractivity contribution is 6.32. The van der Waals surface area contributed by atoms with Gasteiger partial charge in [0.15, 0.2) is 0 Å². The third-order valence-corrected chi connectivity index (χ3v) is 2.27. The summed E-state index contributed by atoms with van der Waals surface area (Å²) in [4.78, 5) is 0. The molecular formula is C10H12ClO. The fourth-order valence-corrected chi connectivity index (χ4v) is 1.22. The van der Waals surface area contributed by atoms with E-state index in [1.807, 2.05) is 26.0 Å². The molecule has 0 saturated heterocycles. The lowest BCUT2D eigenvalue weighted by Crippen LogP contribution is -1.93. The van der Waals surface area contributed by atoms with Crippen LogP contribution in [0.15, 0.2) is 12.1 Å². The molecule has 1 aromatic carbocycles. The largest absolute Gasteiger partial charge is 0.494 e. The first kappa shape index (κ1) is 9.40. The molecule has 0 aliphatic rings. The maximum Gasteiger partial charge on any atom is 0.119 e. The Kier molecular flexibility index (Phi) is 2.99. The van der Waals surface area contributed by atoms with Crippen molar-refractivity contribution in [3.05, 3.63) is 35.2 Å². The lowest BCUT2D eigenvalue weighted by atomic mass is 10.1. The van der Waals surface area contributed by atoms with Crippen molar-refractivity contribution in [2.24, 2.45) is 0 Å². The second-order valence-electron chi connectivity index (χ2n) is 2.72. The van der Waals surface area contributed by atoms with Crippen molar-refractivity contribution < 1.29 is 4.74 Å². The maximum atomic E-state index is 5.98. The Morgan fingerprint density at radius 1 is 1.33 bits per heavy atom. The van der Waals surface area contributed by atoms with E-state index in [9.17, 15) is 0 Å². The highest BCUT2D eigenvalue weighted by Crippen LogP contribution is 2.25. The summed E-state index contributed by atoms with van der Waals surface area (Å²) in [6.45, 7) is 7.98. The zero-order valence-corrected chi connectivity index (χ0v) is 8.11. The Morgan fingerprint density at radius 3 is 2.25 bits per heavy atom. The predicted molar refractivity (Wildman–Crippen MR) is 51.8 cm³/mol.